The molecule has 0 unspecified atom stereocenters. The van der Waals surface area contributed by atoms with Crippen molar-refractivity contribution in [1.29, 1.82) is 5.26 Å². The van der Waals surface area contributed by atoms with E-state index in [0.29, 0.717) is 17.6 Å². The van der Waals surface area contributed by atoms with E-state index < -0.39 is 0 Å². The van der Waals surface area contributed by atoms with Crippen LogP contribution in [0.2, 0.25) is 0 Å². The monoisotopic (exact) mass is 435 g/mol. The quantitative estimate of drug-likeness (QED) is 0.522. The minimum Gasteiger partial charge on any atom is -0.335 e. The number of nitrogens with zero attached hydrogens (tertiary/aromatic N) is 6. The number of hydrogen-bond acceptors (Lipinski definition) is 6. The highest BCUT2D eigenvalue weighted by molar-refractivity contribution is 5.88. The van der Waals surface area contributed by atoms with Gasteiger partial charge in [-0.25, -0.2) is 9.97 Å². The van der Waals surface area contributed by atoms with Crippen molar-refractivity contribution in [3.05, 3.63) is 60.4 Å². The van der Waals surface area contributed by atoms with Crippen LogP contribution < -0.4 is 10.6 Å². The molecule has 0 aliphatic carbocycles. The average Bonchev–Trinajstić information content (AvgIpc) is 3.34. The van der Waals surface area contributed by atoms with Crippen LogP contribution in [0, 0.1) is 11.3 Å². The Labute approximate surface area is 192 Å². The molecule has 2 aliphatic rings. The third-order valence-electron chi connectivity index (χ3n) is 6.99. The molecule has 33 heavy (non-hydrogen) atoms. The Morgan fingerprint density at radius 1 is 1.03 bits per heavy atom. The summed E-state index contributed by atoms with van der Waals surface area (Å²) in [6.45, 7) is 0. The number of aryl methyl sites for hydroxylation is 1. The normalized spacial score (nSPS) is 22.0. The first-order chi connectivity index (χ1) is 16.1. The first kappa shape index (κ1) is 19.9. The van der Waals surface area contributed by atoms with Gasteiger partial charge in [-0.05, 0) is 55.5 Å². The van der Waals surface area contributed by atoms with E-state index in [1.54, 1.807) is 0 Å². The minimum absolute atomic E-state index is 0.266. The molecule has 0 radical (unpaired) electrons. The van der Waals surface area contributed by atoms with Gasteiger partial charge in [-0.3, -0.25) is 4.68 Å². The predicted molar refractivity (Wildman–Crippen MR) is 128 cm³/mol. The Morgan fingerprint density at radius 3 is 2.48 bits per heavy atom. The van der Waals surface area contributed by atoms with E-state index in [1.807, 2.05) is 54.5 Å². The van der Waals surface area contributed by atoms with Crippen LogP contribution in [-0.4, -0.2) is 37.9 Å². The van der Waals surface area contributed by atoms with Gasteiger partial charge in [0.05, 0.1) is 22.8 Å². The van der Waals surface area contributed by atoms with Gasteiger partial charge in [-0.1, -0.05) is 18.2 Å². The van der Waals surface area contributed by atoms with Gasteiger partial charge >= 0.3 is 0 Å². The predicted octanol–water partition coefficient (Wildman–Crippen LogP) is 4.03. The molecule has 7 heteroatoms. The SMILES string of the molecule is Cn1cc2cc(-c3cnc(N4[C@@H]5CC[C@H]4C[C@H](N)C5)nc3-c3ccc(C#N)cc3)ccc2n1. The smallest absolute Gasteiger partial charge is 0.226 e. The Hall–Kier alpha value is -3.76. The maximum absolute atomic E-state index is 9.23. The highest BCUT2D eigenvalue weighted by atomic mass is 15.3. The summed E-state index contributed by atoms with van der Waals surface area (Å²) >= 11 is 0. The molecular weight excluding hydrogens is 410 g/mol. The molecule has 0 saturated carbocycles. The maximum Gasteiger partial charge on any atom is 0.226 e. The molecule has 3 atom stereocenters. The van der Waals surface area contributed by atoms with E-state index in [-0.39, 0.29) is 6.04 Å². The molecule has 0 spiro atoms. The first-order valence-corrected chi connectivity index (χ1v) is 11.4. The number of anilines is 1. The molecule has 4 heterocycles. The fraction of sp³-hybridized carbons (Fsp3) is 0.308. The number of aromatic nitrogens is 4. The molecular formula is C26H25N7. The van der Waals surface area contributed by atoms with E-state index in [2.05, 4.69) is 28.2 Å². The number of nitrogens with two attached hydrogens (primary N) is 1. The first-order valence-electron chi connectivity index (χ1n) is 11.4. The van der Waals surface area contributed by atoms with E-state index >= 15 is 0 Å². The summed E-state index contributed by atoms with van der Waals surface area (Å²) in [5.74, 6) is 0.778. The van der Waals surface area contributed by atoms with E-state index in [1.165, 1.54) is 0 Å². The number of piperidine rings is 1. The summed E-state index contributed by atoms with van der Waals surface area (Å²) in [7, 11) is 1.93. The van der Waals surface area contributed by atoms with Gasteiger partial charge in [0, 0.05) is 54.1 Å². The summed E-state index contributed by atoms with van der Waals surface area (Å²) in [6, 6.07) is 17.1. The molecule has 4 aromatic rings. The number of rotatable bonds is 3. The topological polar surface area (TPSA) is 96.6 Å². The van der Waals surface area contributed by atoms with E-state index in [0.717, 1.165) is 64.9 Å². The zero-order valence-corrected chi connectivity index (χ0v) is 18.5. The average molecular weight is 436 g/mol. The number of nitriles is 1. The highest BCUT2D eigenvalue weighted by Crippen LogP contribution is 2.39. The molecule has 2 fully saturated rings. The summed E-state index contributed by atoms with van der Waals surface area (Å²) in [5.41, 5.74) is 11.7. The van der Waals surface area contributed by atoms with Crippen molar-refractivity contribution in [1.82, 2.24) is 19.7 Å². The molecule has 0 amide bonds. The van der Waals surface area contributed by atoms with Gasteiger partial charge in [0.15, 0.2) is 0 Å². The van der Waals surface area contributed by atoms with Crippen LogP contribution in [0.25, 0.3) is 33.3 Å². The number of fused-ring (bicyclic) bond motifs is 3. The number of benzene rings is 2. The van der Waals surface area contributed by atoms with Gasteiger partial charge in [0.25, 0.3) is 0 Å². The maximum atomic E-state index is 9.23. The van der Waals surface area contributed by atoms with Crippen molar-refractivity contribution in [3.63, 3.8) is 0 Å². The van der Waals surface area contributed by atoms with Gasteiger partial charge in [0.1, 0.15) is 0 Å². The van der Waals surface area contributed by atoms with Gasteiger partial charge < -0.3 is 10.6 Å². The Kier molecular flexibility index (Phi) is 4.63. The fourth-order valence-corrected chi connectivity index (χ4v) is 5.49. The molecule has 164 valence electrons. The van der Waals surface area contributed by atoms with Crippen molar-refractivity contribution in [2.75, 3.05) is 4.90 Å². The second kappa shape index (κ2) is 7.68. The van der Waals surface area contributed by atoms with Crippen LogP contribution in [0.1, 0.15) is 31.2 Å². The summed E-state index contributed by atoms with van der Waals surface area (Å²) < 4.78 is 1.83. The van der Waals surface area contributed by atoms with Crippen LogP contribution >= 0.6 is 0 Å². The highest BCUT2D eigenvalue weighted by Gasteiger charge is 2.41. The molecule has 2 saturated heterocycles. The molecule has 2 aliphatic heterocycles. The Morgan fingerprint density at radius 2 is 1.76 bits per heavy atom. The zero-order chi connectivity index (χ0) is 22.5. The van der Waals surface area contributed by atoms with Crippen LogP contribution in [0.15, 0.2) is 54.9 Å². The number of hydrogen-bond donors (Lipinski definition) is 1. The van der Waals surface area contributed by atoms with Crippen molar-refractivity contribution in [3.8, 4) is 28.5 Å². The third kappa shape index (κ3) is 3.43. The lowest BCUT2D eigenvalue weighted by atomic mass is 9.98. The van der Waals surface area contributed by atoms with Gasteiger partial charge in [-0.15, -0.1) is 0 Å². The molecule has 2 aromatic heterocycles. The summed E-state index contributed by atoms with van der Waals surface area (Å²) in [6.07, 6.45) is 8.24. The Bertz CT molecular complexity index is 1370. The van der Waals surface area contributed by atoms with E-state index in [9.17, 15) is 5.26 Å². The van der Waals surface area contributed by atoms with E-state index in [4.69, 9.17) is 15.7 Å². The van der Waals surface area contributed by atoms with Crippen LogP contribution in [0.3, 0.4) is 0 Å². The van der Waals surface area contributed by atoms with Crippen molar-refractivity contribution < 1.29 is 0 Å². The fourth-order valence-electron chi connectivity index (χ4n) is 5.49. The summed E-state index contributed by atoms with van der Waals surface area (Å²) in [5, 5.41) is 14.8. The van der Waals surface area contributed by atoms with Gasteiger partial charge in [0.2, 0.25) is 5.95 Å². The third-order valence-corrected chi connectivity index (χ3v) is 6.99. The minimum atomic E-state index is 0.266. The van der Waals surface area contributed by atoms with Crippen molar-refractivity contribution in [2.24, 2.45) is 12.8 Å². The lowest BCUT2D eigenvalue weighted by Gasteiger charge is -2.37. The molecule has 2 aromatic carbocycles. The standard InChI is InChI=1S/C26H25N7/c1-32-15-19-10-18(6-9-24(19)31-32)23-14-29-26(33-21-7-8-22(33)12-20(28)11-21)30-25(23)17-4-2-16(13-27)3-5-17/h2-6,9-10,14-15,20-22H,7-8,11-12,28H2,1H3/t20-,21-,22+. The second-order valence-electron chi connectivity index (χ2n) is 9.22. The lowest BCUT2D eigenvalue weighted by molar-refractivity contribution is 0.409. The van der Waals surface area contributed by atoms with Crippen LogP contribution in [-0.2, 0) is 7.05 Å². The van der Waals surface area contributed by atoms with Crippen LogP contribution in [0.5, 0.6) is 0 Å². The largest absolute Gasteiger partial charge is 0.335 e. The molecule has 7 nitrogen and oxygen atoms in total. The molecule has 2 N–H and O–H groups in total. The lowest BCUT2D eigenvalue weighted by Crippen LogP contribution is -2.48. The zero-order valence-electron chi connectivity index (χ0n) is 18.5. The van der Waals surface area contributed by atoms with Crippen molar-refractivity contribution in [2.45, 2.75) is 43.8 Å². The second-order valence-corrected chi connectivity index (χ2v) is 9.22. The van der Waals surface area contributed by atoms with Crippen LogP contribution in [0.4, 0.5) is 5.95 Å². The summed E-state index contributed by atoms with van der Waals surface area (Å²) in [4.78, 5) is 12.4. The molecule has 2 bridgehead atoms. The van der Waals surface area contributed by atoms with Gasteiger partial charge in [-0.2, -0.15) is 10.4 Å². The molecule has 6 rings (SSSR count). The Balaban J connectivity index is 1.49. The van der Waals surface area contributed by atoms with Crippen molar-refractivity contribution >= 4 is 16.9 Å².